The van der Waals surface area contributed by atoms with Crippen LogP contribution in [0, 0.1) is 5.82 Å². The zero-order chi connectivity index (χ0) is 14.9. The Morgan fingerprint density at radius 1 is 1.60 bits per heavy atom. The van der Waals surface area contributed by atoms with Crippen molar-refractivity contribution in [2.24, 2.45) is 0 Å². The highest BCUT2D eigenvalue weighted by atomic mass is 79.9. The first-order valence-corrected chi connectivity index (χ1v) is 7.40. The van der Waals surface area contributed by atoms with Crippen LogP contribution >= 0.6 is 15.9 Å². The molecule has 2 unspecified atom stereocenters. The van der Waals surface area contributed by atoms with E-state index in [2.05, 4.69) is 15.9 Å². The molecule has 110 valence electrons. The highest BCUT2D eigenvalue weighted by Gasteiger charge is 2.31. The summed E-state index contributed by atoms with van der Waals surface area (Å²) in [5, 5.41) is 0. The molecule has 0 aromatic heterocycles. The summed E-state index contributed by atoms with van der Waals surface area (Å²) in [5.41, 5.74) is 5.92. The maximum absolute atomic E-state index is 13.4. The minimum absolute atomic E-state index is 0.00155. The number of nitrogen functional groups attached to an aromatic ring is 1. The van der Waals surface area contributed by atoms with Crippen LogP contribution in [0.2, 0.25) is 0 Å². The normalized spacial score (nSPS) is 22.9. The van der Waals surface area contributed by atoms with E-state index in [1.165, 1.54) is 12.1 Å². The molecule has 1 aliphatic rings. The molecule has 0 radical (unpaired) electrons. The lowest BCUT2D eigenvalue weighted by Crippen LogP contribution is -2.51. The smallest absolute Gasteiger partial charge is 0.255 e. The summed E-state index contributed by atoms with van der Waals surface area (Å²) in [6, 6.07) is 2.65. The quantitative estimate of drug-likeness (QED) is 0.839. The van der Waals surface area contributed by atoms with Crippen molar-refractivity contribution in [2.45, 2.75) is 32.4 Å². The molecular weight excluding hydrogens is 327 g/mol. The second kappa shape index (κ2) is 6.10. The number of carbonyl (C=O) groups excluding carboxylic acids is 1. The van der Waals surface area contributed by atoms with E-state index in [0.29, 0.717) is 23.2 Å². The van der Waals surface area contributed by atoms with Gasteiger partial charge in [-0.3, -0.25) is 4.79 Å². The number of carbonyl (C=O) groups is 1. The summed E-state index contributed by atoms with van der Waals surface area (Å²) >= 11 is 3.23. The van der Waals surface area contributed by atoms with Crippen LogP contribution in [0.4, 0.5) is 10.1 Å². The SMILES string of the molecule is CCC1COC(C)CN1C(=O)c1cc(N)c(F)cc1Br. The molecule has 6 heteroatoms. The lowest BCUT2D eigenvalue weighted by atomic mass is 10.1. The number of morpholine rings is 1. The first kappa shape index (κ1) is 15.3. The molecule has 1 saturated heterocycles. The molecule has 1 fully saturated rings. The second-order valence-corrected chi connectivity index (χ2v) is 5.87. The highest BCUT2D eigenvalue weighted by Crippen LogP contribution is 2.26. The van der Waals surface area contributed by atoms with Crippen molar-refractivity contribution in [1.82, 2.24) is 4.90 Å². The van der Waals surface area contributed by atoms with E-state index in [4.69, 9.17) is 10.5 Å². The molecule has 1 aromatic rings. The van der Waals surface area contributed by atoms with Gasteiger partial charge in [-0.1, -0.05) is 6.92 Å². The third-order valence-electron chi connectivity index (χ3n) is 3.52. The summed E-state index contributed by atoms with van der Waals surface area (Å²) in [7, 11) is 0. The zero-order valence-electron chi connectivity index (χ0n) is 11.5. The van der Waals surface area contributed by atoms with Gasteiger partial charge in [-0.05, 0) is 41.4 Å². The van der Waals surface area contributed by atoms with Crippen molar-refractivity contribution in [3.05, 3.63) is 28.0 Å². The van der Waals surface area contributed by atoms with E-state index < -0.39 is 5.82 Å². The topological polar surface area (TPSA) is 55.6 Å². The van der Waals surface area contributed by atoms with Gasteiger partial charge in [0.2, 0.25) is 0 Å². The lowest BCUT2D eigenvalue weighted by molar-refractivity contribution is -0.0444. The van der Waals surface area contributed by atoms with Gasteiger partial charge in [0.25, 0.3) is 5.91 Å². The Balaban J connectivity index is 2.32. The molecule has 0 saturated carbocycles. The van der Waals surface area contributed by atoms with Gasteiger partial charge in [-0.25, -0.2) is 4.39 Å². The van der Waals surface area contributed by atoms with Crippen LogP contribution in [0.5, 0.6) is 0 Å². The monoisotopic (exact) mass is 344 g/mol. The number of anilines is 1. The summed E-state index contributed by atoms with van der Waals surface area (Å²) in [4.78, 5) is 14.4. The minimum Gasteiger partial charge on any atom is -0.396 e. The number of nitrogens with two attached hydrogens (primary N) is 1. The Hall–Kier alpha value is -1.14. The van der Waals surface area contributed by atoms with Crippen LogP contribution in [-0.2, 0) is 4.74 Å². The molecule has 4 nitrogen and oxygen atoms in total. The summed E-state index contributed by atoms with van der Waals surface area (Å²) in [5.74, 6) is -0.679. The second-order valence-electron chi connectivity index (χ2n) is 5.02. The van der Waals surface area contributed by atoms with E-state index >= 15 is 0 Å². The summed E-state index contributed by atoms with van der Waals surface area (Å²) in [6.07, 6.45) is 0.811. The average Bonchev–Trinajstić information content (AvgIpc) is 2.42. The third-order valence-corrected chi connectivity index (χ3v) is 4.17. The van der Waals surface area contributed by atoms with Gasteiger partial charge in [-0.15, -0.1) is 0 Å². The van der Waals surface area contributed by atoms with Gasteiger partial charge < -0.3 is 15.4 Å². The third kappa shape index (κ3) is 2.96. The molecule has 0 bridgehead atoms. The number of rotatable bonds is 2. The molecule has 0 aliphatic carbocycles. The van der Waals surface area contributed by atoms with E-state index in [1.54, 1.807) is 4.90 Å². The first-order chi connectivity index (χ1) is 9.43. The summed E-state index contributed by atoms with van der Waals surface area (Å²) < 4.78 is 19.4. The number of benzene rings is 1. The molecule has 1 amide bonds. The van der Waals surface area contributed by atoms with Crippen LogP contribution in [0.25, 0.3) is 0 Å². The van der Waals surface area contributed by atoms with E-state index in [1.807, 2.05) is 13.8 Å². The number of hydrogen-bond donors (Lipinski definition) is 1. The van der Waals surface area contributed by atoms with Crippen molar-refractivity contribution in [3.8, 4) is 0 Å². The molecule has 2 rings (SSSR count). The average molecular weight is 345 g/mol. The number of ether oxygens (including phenoxy) is 1. The number of halogens is 2. The number of amides is 1. The molecule has 1 heterocycles. The van der Waals surface area contributed by atoms with Crippen LogP contribution < -0.4 is 5.73 Å². The van der Waals surface area contributed by atoms with E-state index in [0.717, 1.165) is 6.42 Å². The minimum atomic E-state index is -0.532. The van der Waals surface area contributed by atoms with Crippen molar-refractivity contribution in [3.63, 3.8) is 0 Å². The Morgan fingerprint density at radius 3 is 2.95 bits per heavy atom. The van der Waals surface area contributed by atoms with Crippen molar-refractivity contribution in [2.75, 3.05) is 18.9 Å². The fourth-order valence-corrected chi connectivity index (χ4v) is 2.80. The van der Waals surface area contributed by atoms with Gasteiger partial charge in [0.15, 0.2) is 0 Å². The highest BCUT2D eigenvalue weighted by molar-refractivity contribution is 9.10. The Bertz CT molecular complexity index is 524. The molecule has 1 aliphatic heterocycles. The van der Waals surface area contributed by atoms with Crippen LogP contribution in [0.15, 0.2) is 16.6 Å². The van der Waals surface area contributed by atoms with Gasteiger partial charge in [0, 0.05) is 11.0 Å². The Labute approximate surface area is 126 Å². The molecule has 20 heavy (non-hydrogen) atoms. The first-order valence-electron chi connectivity index (χ1n) is 6.61. The van der Waals surface area contributed by atoms with Gasteiger partial charge in [-0.2, -0.15) is 0 Å². The summed E-state index contributed by atoms with van der Waals surface area (Å²) in [6.45, 7) is 5.00. The number of hydrogen-bond acceptors (Lipinski definition) is 3. The van der Waals surface area contributed by atoms with Gasteiger partial charge in [0.1, 0.15) is 5.82 Å². The van der Waals surface area contributed by atoms with Gasteiger partial charge >= 0.3 is 0 Å². The van der Waals surface area contributed by atoms with Crippen LogP contribution in [-0.4, -0.2) is 36.1 Å². The van der Waals surface area contributed by atoms with E-state index in [-0.39, 0.29) is 23.7 Å². The van der Waals surface area contributed by atoms with Crippen molar-refractivity contribution < 1.29 is 13.9 Å². The zero-order valence-corrected chi connectivity index (χ0v) is 13.1. The Morgan fingerprint density at radius 2 is 2.30 bits per heavy atom. The maximum Gasteiger partial charge on any atom is 0.255 e. The standard InChI is InChI=1S/C14H18BrFN2O2/c1-3-9-7-20-8(2)6-18(9)14(19)10-4-13(17)12(16)5-11(10)15/h4-5,8-9H,3,6-7,17H2,1-2H3. The van der Waals surface area contributed by atoms with Crippen LogP contribution in [0.1, 0.15) is 30.6 Å². The fourth-order valence-electron chi connectivity index (χ4n) is 2.32. The fraction of sp³-hybridized carbons (Fsp3) is 0.500. The molecule has 2 N–H and O–H groups in total. The number of nitrogens with zero attached hydrogens (tertiary/aromatic N) is 1. The maximum atomic E-state index is 13.4. The molecule has 1 aromatic carbocycles. The largest absolute Gasteiger partial charge is 0.396 e. The van der Waals surface area contributed by atoms with Crippen molar-refractivity contribution in [1.29, 1.82) is 0 Å². The van der Waals surface area contributed by atoms with E-state index in [9.17, 15) is 9.18 Å². The molecular formula is C14H18BrFN2O2. The lowest BCUT2D eigenvalue weighted by Gasteiger charge is -2.38. The Kier molecular flexibility index (Phi) is 4.65. The predicted octanol–water partition coefficient (Wildman–Crippen LogP) is 2.81. The van der Waals surface area contributed by atoms with Crippen molar-refractivity contribution >= 4 is 27.5 Å². The van der Waals surface area contributed by atoms with Crippen LogP contribution in [0.3, 0.4) is 0 Å². The van der Waals surface area contributed by atoms with Gasteiger partial charge in [0.05, 0.1) is 30.0 Å². The predicted molar refractivity (Wildman–Crippen MR) is 79.0 cm³/mol. The molecule has 2 atom stereocenters. The molecule has 0 spiro atoms.